The third-order valence-electron chi connectivity index (χ3n) is 9.00. The highest BCUT2D eigenvalue weighted by Crippen LogP contribution is 2.66. The minimum Gasteiger partial charge on any atom is -0.360 e. The Morgan fingerprint density at radius 1 is 0.829 bits per heavy atom. The van der Waals surface area contributed by atoms with Crippen molar-refractivity contribution in [2.24, 2.45) is 11.8 Å². The van der Waals surface area contributed by atoms with Gasteiger partial charge in [-0.1, -0.05) is 78.9 Å². The van der Waals surface area contributed by atoms with Crippen molar-refractivity contribution >= 4 is 11.8 Å². The average molecular weight is 465 g/mol. The van der Waals surface area contributed by atoms with Crippen LogP contribution in [0.3, 0.4) is 0 Å². The Balaban J connectivity index is 1.45. The summed E-state index contributed by atoms with van der Waals surface area (Å²) in [5, 5.41) is 0. The molecule has 0 saturated carbocycles. The van der Waals surface area contributed by atoms with E-state index in [0.717, 1.165) is 28.7 Å². The number of carbonyl (C=O) groups excluding carboxylic acids is 2. The first kappa shape index (κ1) is 21.0. The van der Waals surface area contributed by atoms with Gasteiger partial charge in [0.05, 0.1) is 23.9 Å². The topological polar surface area (TPSA) is 49.9 Å². The molecule has 0 aromatic heterocycles. The van der Waals surface area contributed by atoms with Crippen LogP contribution < -0.4 is 0 Å². The summed E-state index contributed by atoms with van der Waals surface area (Å²) in [7, 11) is 3.76. The van der Waals surface area contributed by atoms with Crippen molar-refractivity contribution in [2.75, 3.05) is 20.7 Å². The Labute approximate surface area is 205 Å². The molecule has 0 radical (unpaired) electrons. The van der Waals surface area contributed by atoms with Gasteiger partial charge in [0.15, 0.2) is 0 Å². The summed E-state index contributed by atoms with van der Waals surface area (Å²) < 4.78 is 6.69. The van der Waals surface area contributed by atoms with Crippen molar-refractivity contribution in [1.29, 1.82) is 0 Å². The fourth-order valence-corrected chi connectivity index (χ4v) is 7.56. The summed E-state index contributed by atoms with van der Waals surface area (Å²) >= 11 is 0. The number of imide groups is 1. The van der Waals surface area contributed by atoms with Crippen LogP contribution in [0.4, 0.5) is 0 Å². The van der Waals surface area contributed by atoms with E-state index in [1.165, 1.54) is 10.5 Å². The predicted molar refractivity (Wildman–Crippen MR) is 132 cm³/mol. The quantitative estimate of drug-likeness (QED) is 0.557. The number of ether oxygens (including phenoxy) is 1. The maximum atomic E-state index is 13.8. The van der Waals surface area contributed by atoms with Crippen LogP contribution in [0.25, 0.3) is 0 Å². The highest BCUT2D eigenvalue weighted by Gasteiger charge is 2.71. The van der Waals surface area contributed by atoms with E-state index in [2.05, 4.69) is 72.6 Å². The van der Waals surface area contributed by atoms with Crippen LogP contribution in [0, 0.1) is 11.8 Å². The SMILES string of the molecule is CN1C(=O)[C@@H]2C3c4ccccc4C([C@@H]4OC[C@H](Cc5ccccc5)N4C)(c4ccccc43)[C@H]2C1=O. The number of carbonyl (C=O) groups is 2. The minimum absolute atomic E-state index is 0.0696. The molecule has 2 fully saturated rings. The van der Waals surface area contributed by atoms with E-state index in [4.69, 9.17) is 4.74 Å². The first-order valence-corrected chi connectivity index (χ1v) is 12.4. The van der Waals surface area contributed by atoms with E-state index < -0.39 is 17.3 Å². The van der Waals surface area contributed by atoms with Gasteiger partial charge < -0.3 is 4.74 Å². The van der Waals surface area contributed by atoms with E-state index >= 15 is 0 Å². The van der Waals surface area contributed by atoms with Crippen molar-refractivity contribution in [3.63, 3.8) is 0 Å². The smallest absolute Gasteiger partial charge is 0.234 e. The van der Waals surface area contributed by atoms with Gasteiger partial charge in [0, 0.05) is 19.0 Å². The van der Waals surface area contributed by atoms with Gasteiger partial charge in [0.2, 0.25) is 11.8 Å². The molecule has 0 unspecified atom stereocenters. The van der Waals surface area contributed by atoms with Crippen LogP contribution in [0.5, 0.6) is 0 Å². The lowest BCUT2D eigenvalue weighted by molar-refractivity contribution is -0.139. The number of likely N-dealkylation sites (tertiary alicyclic amines) is 1. The molecular formula is C30H28N2O3. The molecule has 2 bridgehead atoms. The molecule has 2 saturated heterocycles. The Morgan fingerprint density at radius 2 is 1.43 bits per heavy atom. The van der Waals surface area contributed by atoms with Crippen LogP contribution in [-0.2, 0) is 26.2 Å². The summed E-state index contributed by atoms with van der Waals surface area (Å²) in [5.74, 6) is -1.14. The predicted octanol–water partition coefficient (Wildman–Crippen LogP) is 3.56. The normalized spacial score (nSPS) is 33.1. The summed E-state index contributed by atoms with van der Waals surface area (Å²) in [4.78, 5) is 31.1. The number of likely N-dealkylation sites (N-methyl/N-ethyl adjacent to an activating group) is 1. The molecular weight excluding hydrogens is 436 g/mol. The summed E-state index contributed by atoms with van der Waals surface area (Å²) in [5.41, 5.74) is 5.12. The number of benzene rings is 3. The zero-order chi connectivity index (χ0) is 23.9. The molecule has 35 heavy (non-hydrogen) atoms. The van der Waals surface area contributed by atoms with Crippen LogP contribution in [-0.4, -0.2) is 54.6 Å². The number of nitrogens with zero attached hydrogens (tertiary/aromatic N) is 2. The van der Waals surface area contributed by atoms with Crippen molar-refractivity contribution < 1.29 is 14.3 Å². The van der Waals surface area contributed by atoms with Crippen LogP contribution in [0.1, 0.15) is 33.7 Å². The highest BCUT2D eigenvalue weighted by atomic mass is 16.5. The summed E-state index contributed by atoms with van der Waals surface area (Å²) in [6.45, 7) is 0.584. The van der Waals surface area contributed by atoms with E-state index in [0.29, 0.717) is 6.61 Å². The molecule has 0 N–H and O–H groups in total. The van der Waals surface area contributed by atoms with Crippen LogP contribution >= 0.6 is 0 Å². The molecule has 2 heterocycles. The van der Waals surface area contributed by atoms with Gasteiger partial charge >= 0.3 is 0 Å². The van der Waals surface area contributed by atoms with Crippen molar-refractivity contribution in [3.05, 3.63) is 107 Å². The molecule has 4 atom stereocenters. The fourth-order valence-electron chi connectivity index (χ4n) is 7.56. The number of hydrogen-bond acceptors (Lipinski definition) is 4. The first-order chi connectivity index (χ1) is 17.0. The first-order valence-electron chi connectivity index (χ1n) is 12.4. The average Bonchev–Trinajstić information content (AvgIpc) is 3.37. The summed E-state index contributed by atoms with van der Waals surface area (Å²) in [6.07, 6.45) is 0.520. The van der Waals surface area contributed by atoms with Gasteiger partial charge in [-0.3, -0.25) is 19.4 Å². The molecule has 3 aromatic carbocycles. The molecule has 176 valence electrons. The zero-order valence-electron chi connectivity index (χ0n) is 19.9. The van der Waals surface area contributed by atoms with Crippen molar-refractivity contribution in [2.45, 2.75) is 30.0 Å². The Hall–Kier alpha value is -3.28. The molecule has 0 spiro atoms. The lowest BCUT2D eigenvalue weighted by Crippen LogP contribution is -2.62. The van der Waals surface area contributed by atoms with Gasteiger partial charge in [0.1, 0.15) is 6.23 Å². The van der Waals surface area contributed by atoms with E-state index in [9.17, 15) is 9.59 Å². The Bertz CT molecular complexity index is 1300. The van der Waals surface area contributed by atoms with Gasteiger partial charge in [-0.2, -0.15) is 0 Å². The van der Waals surface area contributed by atoms with E-state index in [-0.39, 0.29) is 30.0 Å². The minimum atomic E-state index is -0.746. The molecule has 2 amide bonds. The highest BCUT2D eigenvalue weighted by molar-refractivity contribution is 6.08. The van der Waals surface area contributed by atoms with E-state index in [1.54, 1.807) is 7.05 Å². The number of hydrogen-bond donors (Lipinski definition) is 0. The lowest BCUT2D eigenvalue weighted by atomic mass is 9.46. The number of rotatable bonds is 3. The molecule has 5 nitrogen and oxygen atoms in total. The lowest BCUT2D eigenvalue weighted by Gasteiger charge is -2.57. The maximum absolute atomic E-state index is 13.8. The van der Waals surface area contributed by atoms with Crippen molar-refractivity contribution in [3.8, 4) is 0 Å². The largest absolute Gasteiger partial charge is 0.360 e. The molecule has 3 aromatic rings. The molecule has 3 aliphatic carbocycles. The molecule has 2 aliphatic heterocycles. The molecule has 8 rings (SSSR count). The molecule has 5 aliphatic rings. The van der Waals surface area contributed by atoms with Gasteiger partial charge in [-0.05, 0) is 41.3 Å². The number of amides is 2. The second-order valence-electron chi connectivity index (χ2n) is 10.5. The zero-order valence-corrected chi connectivity index (χ0v) is 19.9. The Kier molecular flexibility index (Phi) is 4.42. The summed E-state index contributed by atoms with van der Waals surface area (Å²) in [6, 6.07) is 27.5. The standard InChI is InChI=1S/C30H28N2O3/c1-31-19(16-18-10-4-3-5-11-18)17-35-29(31)30-22-14-8-6-12-20(22)24(21-13-7-9-15-23(21)30)25-26(30)28(34)32(2)27(25)33/h3-15,19,24-26,29H,16-17H2,1-2H3/t19-,24?,25+,26+,29-,30?/m0/s1. The van der Waals surface area contributed by atoms with Crippen molar-refractivity contribution in [1.82, 2.24) is 9.80 Å². The van der Waals surface area contributed by atoms with Crippen LogP contribution in [0.15, 0.2) is 78.9 Å². The monoisotopic (exact) mass is 464 g/mol. The second kappa shape index (κ2) is 7.36. The third kappa shape index (κ3) is 2.55. The van der Waals surface area contributed by atoms with Crippen LogP contribution in [0.2, 0.25) is 0 Å². The van der Waals surface area contributed by atoms with E-state index in [1.807, 2.05) is 18.2 Å². The fraction of sp³-hybridized carbons (Fsp3) is 0.333. The van der Waals surface area contributed by atoms with Gasteiger partial charge in [-0.15, -0.1) is 0 Å². The second-order valence-corrected chi connectivity index (χ2v) is 10.5. The maximum Gasteiger partial charge on any atom is 0.234 e. The van der Waals surface area contributed by atoms with Gasteiger partial charge in [-0.25, -0.2) is 0 Å². The molecule has 5 heteroatoms. The third-order valence-corrected chi connectivity index (χ3v) is 9.00. The van der Waals surface area contributed by atoms with Gasteiger partial charge in [0.25, 0.3) is 0 Å². The Morgan fingerprint density at radius 3 is 2.09 bits per heavy atom.